The summed E-state index contributed by atoms with van der Waals surface area (Å²) in [6.45, 7) is 0.600. The van der Waals surface area contributed by atoms with Crippen molar-refractivity contribution in [2.75, 3.05) is 10.7 Å². The molecule has 7 aromatic rings. The Bertz CT molecular complexity index is 2520. The Labute approximate surface area is 319 Å². The van der Waals surface area contributed by atoms with E-state index < -0.39 is 20.8 Å². The number of hydrogen-bond donors (Lipinski definition) is 0. The zero-order valence-corrected chi connectivity index (χ0v) is 30.6. The van der Waals surface area contributed by atoms with E-state index >= 15 is 0 Å². The van der Waals surface area contributed by atoms with Crippen molar-refractivity contribution in [2.24, 2.45) is 0 Å². The van der Waals surface area contributed by atoms with Crippen LogP contribution in [0.5, 0.6) is 5.75 Å². The third-order valence-corrected chi connectivity index (χ3v) is 10.0. The number of nitro groups is 1. The fourth-order valence-corrected chi connectivity index (χ4v) is 6.98. The molecule has 0 atom stereocenters. The third-order valence-electron chi connectivity index (χ3n) is 9.24. The number of fused-ring (bicyclic) bond motifs is 1. The Balaban J connectivity index is 1.20. The Morgan fingerprint density at radius 1 is 0.673 bits per heavy atom. The molecule has 0 aliphatic rings. The first kappa shape index (κ1) is 36.7. The lowest BCUT2D eigenvalue weighted by molar-refractivity contribution is -0.671. The number of benzene rings is 6. The van der Waals surface area contributed by atoms with Crippen LogP contribution in [0.4, 0.5) is 22.7 Å². The quantitative estimate of drug-likeness (QED) is 0.0471. The van der Waals surface area contributed by atoms with Gasteiger partial charge in [0.05, 0.1) is 20.4 Å². The lowest BCUT2D eigenvalue weighted by Gasteiger charge is -2.25. The summed E-state index contributed by atoms with van der Waals surface area (Å²) in [4.78, 5) is 13.0. The molecule has 6 aromatic carbocycles. The van der Waals surface area contributed by atoms with Crippen LogP contribution in [0, 0.1) is 10.1 Å². The summed E-state index contributed by atoms with van der Waals surface area (Å²) >= 11 is 0. The van der Waals surface area contributed by atoms with Crippen molar-refractivity contribution >= 4 is 55.9 Å². The van der Waals surface area contributed by atoms with Gasteiger partial charge < -0.3 is 14.2 Å². The summed E-state index contributed by atoms with van der Waals surface area (Å²) in [5.74, 6) is 0.221. The number of aromatic nitrogens is 1. The number of nitro benzene ring substituents is 1. The molecule has 0 amide bonds. The van der Waals surface area contributed by atoms with Gasteiger partial charge in [0.15, 0.2) is 6.20 Å². The van der Waals surface area contributed by atoms with Gasteiger partial charge in [-0.05, 0) is 82.9 Å². The zero-order valence-electron chi connectivity index (χ0n) is 29.8. The number of rotatable bonds is 14. The summed E-state index contributed by atoms with van der Waals surface area (Å²) < 4.78 is 41.9. The van der Waals surface area contributed by atoms with Gasteiger partial charge in [-0.25, -0.2) is 8.42 Å². The highest BCUT2D eigenvalue weighted by Crippen LogP contribution is 2.36. The maximum atomic E-state index is 11.2. The number of anilines is 3. The monoisotopic (exact) mass is 747 g/mol. The number of aryl methyl sites for hydroxylation is 1. The molecule has 0 bridgehead atoms. The van der Waals surface area contributed by atoms with Crippen LogP contribution in [-0.2, 0) is 23.3 Å². The molecule has 0 aliphatic carbocycles. The zero-order chi connectivity index (χ0) is 38.2. The van der Waals surface area contributed by atoms with Crippen molar-refractivity contribution in [1.82, 2.24) is 0 Å². The van der Waals surface area contributed by atoms with Crippen LogP contribution < -0.4 is 14.2 Å². The second-order valence-electron chi connectivity index (χ2n) is 12.9. The van der Waals surface area contributed by atoms with E-state index in [1.54, 1.807) is 12.1 Å². The van der Waals surface area contributed by atoms with Crippen LogP contribution in [-0.4, -0.2) is 23.6 Å². The molecule has 9 nitrogen and oxygen atoms in total. The molecule has 0 fully saturated rings. The van der Waals surface area contributed by atoms with Gasteiger partial charge >= 0.3 is 0 Å². The smallest absolute Gasteiger partial charge is 0.269 e. The fraction of sp³-hybridized carbons (Fsp3) is 0.0889. The number of pyridine rings is 1. The van der Waals surface area contributed by atoms with Crippen LogP contribution in [0.3, 0.4) is 0 Å². The summed E-state index contributed by atoms with van der Waals surface area (Å²) in [6.07, 6.45) is 6.12. The number of nitrogens with zero attached hydrogens (tertiary/aromatic N) is 3. The maximum absolute atomic E-state index is 11.2. The van der Waals surface area contributed by atoms with Gasteiger partial charge in [0.25, 0.3) is 5.69 Å². The maximum Gasteiger partial charge on any atom is 0.269 e. The van der Waals surface area contributed by atoms with Gasteiger partial charge in [-0.15, -0.1) is 0 Å². The number of hydrogen-bond acceptors (Lipinski definition) is 7. The lowest BCUT2D eigenvalue weighted by Crippen LogP contribution is -2.35. The predicted molar refractivity (Wildman–Crippen MR) is 216 cm³/mol. The summed E-state index contributed by atoms with van der Waals surface area (Å²) in [5.41, 5.74) is 8.59. The normalized spacial score (nSPS) is 11.5. The summed E-state index contributed by atoms with van der Waals surface area (Å²) in [6, 6.07) is 51.1. The van der Waals surface area contributed by atoms with Gasteiger partial charge in [-0.3, -0.25) is 10.1 Å². The van der Waals surface area contributed by atoms with Gasteiger partial charge in [-0.2, -0.15) is 4.57 Å². The Morgan fingerprint density at radius 3 is 1.93 bits per heavy atom. The molecule has 55 heavy (non-hydrogen) atoms. The Hall–Kier alpha value is -6.62. The van der Waals surface area contributed by atoms with Crippen molar-refractivity contribution in [3.8, 4) is 16.9 Å². The topological polar surface area (TPSA) is 117 Å². The minimum Gasteiger partial charge on any atom is -0.748 e. The molecular formula is C45H37N3O6S. The number of non-ortho nitro benzene ring substituents is 1. The Kier molecular flexibility index (Phi) is 11.1. The second-order valence-corrected chi connectivity index (χ2v) is 14.5. The molecule has 0 spiro atoms. The first-order chi connectivity index (χ1) is 26.7. The minimum atomic E-state index is -4.29. The molecule has 274 valence electrons. The molecule has 0 saturated carbocycles. The van der Waals surface area contributed by atoms with Gasteiger partial charge in [0.2, 0.25) is 5.52 Å². The molecule has 10 heteroatoms. The van der Waals surface area contributed by atoms with Crippen molar-refractivity contribution in [3.05, 3.63) is 191 Å². The fourth-order valence-electron chi connectivity index (χ4n) is 6.50. The third kappa shape index (κ3) is 9.13. The first-order valence-corrected chi connectivity index (χ1v) is 19.3. The SMILES string of the molecule is O=[N+]([O-])c1ccc(COc2cc(-c3ccc(N(c4ccccc4)c4ccccc4)cc3)ccc2/C=C/c2cc[n+](CCCS(=O)(=O)[O-])c3ccccc23)cc1. The van der Waals surface area contributed by atoms with E-state index in [0.29, 0.717) is 12.3 Å². The summed E-state index contributed by atoms with van der Waals surface area (Å²) in [7, 11) is -4.29. The highest BCUT2D eigenvalue weighted by Gasteiger charge is 2.15. The van der Waals surface area contributed by atoms with E-state index in [1.807, 2.05) is 102 Å². The lowest BCUT2D eigenvalue weighted by atomic mass is 10.0. The predicted octanol–water partition coefficient (Wildman–Crippen LogP) is 9.86. The van der Waals surface area contributed by atoms with Crippen LogP contribution in [0.25, 0.3) is 34.2 Å². The van der Waals surface area contributed by atoms with Crippen molar-refractivity contribution in [1.29, 1.82) is 0 Å². The number of ether oxygens (including phenoxy) is 1. The minimum absolute atomic E-state index is 0.0164. The second kappa shape index (κ2) is 16.6. The molecular weight excluding hydrogens is 711 g/mol. The van der Waals surface area contributed by atoms with Crippen molar-refractivity contribution in [3.63, 3.8) is 0 Å². The van der Waals surface area contributed by atoms with Crippen molar-refractivity contribution < 1.29 is 27.2 Å². The largest absolute Gasteiger partial charge is 0.748 e. The molecule has 0 unspecified atom stereocenters. The van der Waals surface area contributed by atoms with E-state index in [-0.39, 0.29) is 18.7 Å². The van der Waals surface area contributed by atoms with Crippen LogP contribution in [0.1, 0.15) is 23.1 Å². The molecule has 0 radical (unpaired) electrons. The van der Waals surface area contributed by atoms with E-state index in [0.717, 1.165) is 55.8 Å². The van der Waals surface area contributed by atoms with Gasteiger partial charge in [-0.1, -0.05) is 84.9 Å². The molecule has 0 N–H and O–H groups in total. The van der Waals surface area contributed by atoms with Crippen molar-refractivity contribution in [2.45, 2.75) is 19.6 Å². The van der Waals surface area contributed by atoms with Gasteiger partial charge in [0, 0.05) is 59.1 Å². The molecule has 0 aliphatic heterocycles. The summed E-state index contributed by atoms with van der Waals surface area (Å²) in [5, 5.41) is 12.2. The number of para-hydroxylation sites is 3. The average Bonchev–Trinajstić information content (AvgIpc) is 3.21. The van der Waals surface area contributed by atoms with E-state index in [1.165, 1.54) is 12.1 Å². The van der Waals surface area contributed by atoms with Gasteiger partial charge in [0.1, 0.15) is 18.9 Å². The van der Waals surface area contributed by atoms with Crippen LogP contribution >= 0.6 is 0 Å². The van der Waals surface area contributed by atoms with E-state index in [2.05, 4.69) is 59.5 Å². The highest BCUT2D eigenvalue weighted by molar-refractivity contribution is 7.85. The Morgan fingerprint density at radius 2 is 1.27 bits per heavy atom. The van der Waals surface area contributed by atoms with Crippen LogP contribution in [0.15, 0.2) is 164 Å². The molecule has 1 heterocycles. The highest BCUT2D eigenvalue weighted by atomic mass is 32.2. The average molecular weight is 748 g/mol. The molecule has 1 aromatic heterocycles. The first-order valence-electron chi connectivity index (χ1n) is 17.8. The standard InChI is InChI=1S/C45H37N3O6S/c49-48(50)42-24-16-34(17-25-42)33-54-45-32-38(35-22-26-41(27-23-35)47(39-10-3-1-4-11-39)40-12-5-2-6-13-40)21-20-37(45)19-18-36-28-30-46(29-9-31-55(51,52)53)44-15-8-7-14-43(36)44/h1-8,10-28,30,32H,9,29,31,33H2. The molecule has 0 saturated heterocycles. The van der Waals surface area contributed by atoms with E-state index in [4.69, 9.17) is 4.74 Å². The molecule has 7 rings (SSSR count). The van der Waals surface area contributed by atoms with Crippen LogP contribution in [0.2, 0.25) is 0 Å². The van der Waals surface area contributed by atoms with E-state index in [9.17, 15) is 23.1 Å².